The smallest absolute Gasteiger partial charge is 0.235 e. The van der Waals surface area contributed by atoms with Crippen LogP contribution in [0.5, 0.6) is 11.5 Å². The Kier molecular flexibility index (Phi) is 8.61. The monoisotopic (exact) mass is 622 g/mol. The molecule has 1 fully saturated rings. The summed E-state index contributed by atoms with van der Waals surface area (Å²) >= 11 is 3.33. The summed E-state index contributed by atoms with van der Waals surface area (Å²) in [6.07, 6.45) is -0.393. The van der Waals surface area contributed by atoms with E-state index in [1.54, 1.807) is 18.2 Å². The van der Waals surface area contributed by atoms with Crippen molar-refractivity contribution in [2.75, 3.05) is 17.7 Å². The second-order valence-electron chi connectivity index (χ2n) is 11.0. The van der Waals surface area contributed by atoms with Crippen LogP contribution in [0.3, 0.4) is 0 Å². The molecule has 0 radical (unpaired) electrons. The topological polar surface area (TPSA) is 125 Å². The molecule has 0 aliphatic heterocycles. The maximum Gasteiger partial charge on any atom is 0.235 e. The molecule has 4 rings (SSSR count). The molecular weight excluding hydrogens is 588 g/mol. The van der Waals surface area contributed by atoms with Crippen LogP contribution in [0.15, 0.2) is 53.0 Å². The predicted octanol–water partition coefficient (Wildman–Crippen LogP) is 5.71. The minimum absolute atomic E-state index is 0.0920. The van der Waals surface area contributed by atoms with E-state index in [9.17, 15) is 24.6 Å². The molecule has 1 saturated carbocycles. The normalized spacial score (nSPS) is 22.2. The molecule has 8 nitrogen and oxygen atoms in total. The van der Waals surface area contributed by atoms with Crippen LogP contribution in [0.25, 0.3) is 0 Å². The Balaban J connectivity index is 1.87. The van der Waals surface area contributed by atoms with Crippen molar-refractivity contribution in [3.05, 3.63) is 80.8 Å². The summed E-state index contributed by atoms with van der Waals surface area (Å²) in [4.78, 5) is 41.7. The fourth-order valence-corrected chi connectivity index (χ4v) is 6.09. The molecule has 0 heterocycles. The van der Waals surface area contributed by atoms with E-state index in [-0.39, 0.29) is 16.0 Å². The molecule has 2 amide bonds. The van der Waals surface area contributed by atoms with Crippen LogP contribution in [0.2, 0.25) is 0 Å². The lowest BCUT2D eigenvalue weighted by Crippen LogP contribution is -2.56. The van der Waals surface area contributed by atoms with Gasteiger partial charge >= 0.3 is 0 Å². The van der Waals surface area contributed by atoms with E-state index < -0.39 is 47.4 Å². The van der Waals surface area contributed by atoms with Crippen molar-refractivity contribution >= 4 is 44.9 Å². The minimum Gasteiger partial charge on any atom is -0.503 e. The highest BCUT2D eigenvalue weighted by Gasteiger charge is 2.56. The number of halogens is 1. The lowest BCUT2D eigenvalue weighted by molar-refractivity contribution is -0.150. The number of phenolic OH excluding ortho intramolecular Hbond substituents is 1. The highest BCUT2D eigenvalue weighted by atomic mass is 79.9. The van der Waals surface area contributed by atoms with Crippen LogP contribution >= 0.6 is 15.9 Å². The molecular formula is C32H35BrN2O6. The van der Waals surface area contributed by atoms with Crippen molar-refractivity contribution < 1.29 is 29.3 Å². The number of carbonyl (C=O) groups excluding carboxylic acids is 3. The van der Waals surface area contributed by atoms with Crippen molar-refractivity contribution in [1.82, 2.24) is 0 Å². The standard InChI is InChI=1S/C32H35BrN2O6/c1-16-9-7-11-22(18(16)3)34-30(38)27-24(36)15-32(5,40)28(31(39)35-23-12-8-10-17(2)19(23)4)26(27)20-13-21(33)29(37)25(14-20)41-6/h7-14,26-28,37,40H,15H2,1-6H3,(H,34,38)(H,35,39). The molecule has 1 aliphatic carbocycles. The summed E-state index contributed by atoms with van der Waals surface area (Å²) < 4.78 is 5.60. The van der Waals surface area contributed by atoms with Gasteiger partial charge in [0.05, 0.1) is 23.1 Å². The second kappa shape index (κ2) is 11.7. The number of aryl methyl sites for hydroxylation is 2. The molecule has 0 bridgehead atoms. The Bertz CT molecular complexity index is 1530. The number of benzene rings is 3. The van der Waals surface area contributed by atoms with Crippen molar-refractivity contribution in [3.63, 3.8) is 0 Å². The quantitative estimate of drug-likeness (QED) is 0.261. The number of ketones is 1. The Morgan fingerprint density at radius 1 is 0.951 bits per heavy atom. The zero-order valence-corrected chi connectivity index (χ0v) is 25.5. The number of ether oxygens (including phenoxy) is 1. The number of amides is 2. The van der Waals surface area contributed by atoms with Gasteiger partial charge in [0.15, 0.2) is 11.5 Å². The fourth-order valence-electron chi connectivity index (χ4n) is 5.63. The SMILES string of the molecule is COc1cc(C2C(C(=O)Nc3cccc(C)c3C)C(=O)CC(C)(O)C2C(=O)Nc2cccc(C)c2C)cc(Br)c1O. The third-order valence-electron chi connectivity index (χ3n) is 8.21. The Hall–Kier alpha value is -3.69. The zero-order valence-electron chi connectivity index (χ0n) is 24.0. The van der Waals surface area contributed by atoms with Gasteiger partial charge in [-0.15, -0.1) is 0 Å². The van der Waals surface area contributed by atoms with Crippen LogP contribution in [0.4, 0.5) is 11.4 Å². The van der Waals surface area contributed by atoms with Gasteiger partial charge in [-0.2, -0.15) is 0 Å². The number of aliphatic hydroxyl groups is 1. The molecule has 4 N–H and O–H groups in total. The summed E-state index contributed by atoms with van der Waals surface area (Å²) in [6.45, 7) is 9.05. The van der Waals surface area contributed by atoms with Gasteiger partial charge in [-0.05, 0) is 103 Å². The van der Waals surface area contributed by atoms with E-state index in [2.05, 4.69) is 26.6 Å². The number of Topliss-reactive ketones (excluding diaryl/α,β-unsaturated/α-hetero) is 1. The first-order valence-corrected chi connectivity index (χ1v) is 14.1. The maximum absolute atomic E-state index is 14.1. The predicted molar refractivity (Wildman–Crippen MR) is 161 cm³/mol. The average molecular weight is 624 g/mol. The number of carbonyl (C=O) groups is 3. The summed E-state index contributed by atoms with van der Waals surface area (Å²) in [5.41, 5.74) is 3.38. The van der Waals surface area contributed by atoms with Gasteiger partial charge < -0.3 is 25.6 Å². The molecule has 3 aromatic rings. The van der Waals surface area contributed by atoms with Crippen molar-refractivity contribution in [2.45, 2.75) is 52.6 Å². The van der Waals surface area contributed by atoms with Crippen LogP contribution in [-0.4, -0.2) is 40.5 Å². The first-order valence-electron chi connectivity index (χ1n) is 13.3. The summed E-state index contributed by atoms with van der Waals surface area (Å²) in [7, 11) is 1.38. The van der Waals surface area contributed by atoms with Crippen molar-refractivity contribution in [1.29, 1.82) is 0 Å². The lowest BCUT2D eigenvalue weighted by Gasteiger charge is -2.44. The van der Waals surface area contributed by atoms with E-state index in [0.29, 0.717) is 16.9 Å². The number of aromatic hydroxyl groups is 1. The largest absolute Gasteiger partial charge is 0.503 e. The Morgan fingerprint density at radius 3 is 2.02 bits per heavy atom. The summed E-state index contributed by atoms with van der Waals surface area (Å²) in [5.74, 6) is -5.31. The van der Waals surface area contributed by atoms with E-state index in [1.807, 2.05) is 52.0 Å². The molecule has 1 aliphatic rings. The summed E-state index contributed by atoms with van der Waals surface area (Å²) in [5, 5.41) is 27.9. The average Bonchev–Trinajstić information content (AvgIpc) is 2.89. The third-order valence-corrected chi connectivity index (χ3v) is 8.82. The van der Waals surface area contributed by atoms with Gasteiger partial charge in [0.25, 0.3) is 0 Å². The molecule has 4 unspecified atom stereocenters. The molecule has 4 atom stereocenters. The van der Waals surface area contributed by atoms with Crippen molar-refractivity contribution in [3.8, 4) is 11.5 Å². The number of hydrogen-bond donors (Lipinski definition) is 4. The van der Waals surface area contributed by atoms with Gasteiger partial charge in [0.2, 0.25) is 11.8 Å². The third kappa shape index (κ3) is 5.87. The van der Waals surface area contributed by atoms with Gasteiger partial charge in [-0.3, -0.25) is 14.4 Å². The number of methoxy groups -OCH3 is 1. The summed E-state index contributed by atoms with van der Waals surface area (Å²) in [6, 6.07) is 14.0. The lowest BCUT2D eigenvalue weighted by atomic mass is 9.61. The van der Waals surface area contributed by atoms with E-state index in [1.165, 1.54) is 20.1 Å². The van der Waals surface area contributed by atoms with Gasteiger partial charge in [0.1, 0.15) is 11.7 Å². The molecule has 41 heavy (non-hydrogen) atoms. The van der Waals surface area contributed by atoms with E-state index in [4.69, 9.17) is 4.74 Å². The highest BCUT2D eigenvalue weighted by molar-refractivity contribution is 9.10. The van der Waals surface area contributed by atoms with Gasteiger partial charge in [-0.25, -0.2) is 0 Å². The van der Waals surface area contributed by atoms with Crippen LogP contribution in [0, 0.1) is 39.5 Å². The fraction of sp³-hybridized carbons (Fsp3) is 0.344. The van der Waals surface area contributed by atoms with Crippen molar-refractivity contribution in [2.24, 2.45) is 11.8 Å². The number of anilines is 2. The molecule has 0 saturated heterocycles. The first kappa shape index (κ1) is 30.3. The molecule has 3 aromatic carbocycles. The number of hydrogen-bond acceptors (Lipinski definition) is 6. The Morgan fingerprint density at radius 2 is 1.49 bits per heavy atom. The zero-order chi connectivity index (χ0) is 30.2. The number of nitrogens with one attached hydrogen (secondary N) is 2. The van der Waals surface area contributed by atoms with Crippen LogP contribution in [0.1, 0.15) is 47.1 Å². The number of phenols is 1. The second-order valence-corrected chi connectivity index (χ2v) is 11.9. The van der Waals surface area contributed by atoms with E-state index >= 15 is 0 Å². The first-order chi connectivity index (χ1) is 19.3. The maximum atomic E-state index is 14.1. The van der Waals surface area contributed by atoms with Gasteiger partial charge in [-0.1, -0.05) is 24.3 Å². The minimum atomic E-state index is -1.78. The molecule has 216 valence electrons. The molecule has 9 heteroatoms. The number of rotatable bonds is 6. The highest BCUT2D eigenvalue weighted by Crippen LogP contribution is 2.49. The van der Waals surface area contributed by atoms with E-state index in [0.717, 1.165) is 22.3 Å². The molecule has 0 spiro atoms. The molecule has 0 aromatic heterocycles. The Labute approximate surface area is 248 Å². The van der Waals surface area contributed by atoms with Crippen LogP contribution < -0.4 is 15.4 Å². The van der Waals surface area contributed by atoms with Gasteiger partial charge in [0, 0.05) is 23.7 Å². The van der Waals surface area contributed by atoms with Crippen LogP contribution in [-0.2, 0) is 14.4 Å².